The van der Waals surface area contributed by atoms with Crippen molar-refractivity contribution < 1.29 is 9.69 Å². The Hall–Kier alpha value is -2.91. The topological polar surface area (TPSA) is 33.5 Å². The minimum atomic E-state index is 0.0599. The first-order chi connectivity index (χ1) is 13.1. The molecule has 3 aromatic rings. The van der Waals surface area contributed by atoms with Gasteiger partial charge in [0.1, 0.15) is 6.04 Å². The lowest BCUT2D eigenvalue weighted by Crippen LogP contribution is -3.07. The van der Waals surface area contributed by atoms with E-state index < -0.39 is 0 Å². The lowest BCUT2D eigenvalue weighted by molar-refractivity contribution is -0.890. The fourth-order valence-corrected chi connectivity index (χ4v) is 3.25. The standard InChI is InChI=1S/C24H26N2O/c1-26(2)23(22-11-7-4-8-12-22)18-25-24(27)17-19-13-15-21(16-14-19)20-9-5-3-6-10-20/h3-16,23H,17-18H2,1-2H3,(H,25,27)/p+1/t23-/m0/s1. The predicted molar refractivity (Wildman–Crippen MR) is 111 cm³/mol. The summed E-state index contributed by atoms with van der Waals surface area (Å²) in [7, 11) is 4.23. The Morgan fingerprint density at radius 2 is 1.37 bits per heavy atom. The first kappa shape index (κ1) is 18.9. The van der Waals surface area contributed by atoms with E-state index in [0.29, 0.717) is 13.0 Å². The van der Waals surface area contributed by atoms with Gasteiger partial charge in [-0.25, -0.2) is 0 Å². The highest BCUT2D eigenvalue weighted by Gasteiger charge is 2.18. The van der Waals surface area contributed by atoms with Crippen LogP contribution in [0.3, 0.4) is 0 Å². The van der Waals surface area contributed by atoms with Crippen LogP contribution in [-0.4, -0.2) is 26.5 Å². The molecule has 0 saturated carbocycles. The molecule has 27 heavy (non-hydrogen) atoms. The first-order valence-electron chi connectivity index (χ1n) is 9.39. The van der Waals surface area contributed by atoms with E-state index in [0.717, 1.165) is 5.56 Å². The van der Waals surface area contributed by atoms with E-state index in [4.69, 9.17) is 0 Å². The van der Waals surface area contributed by atoms with Crippen LogP contribution in [0.15, 0.2) is 84.9 Å². The second-order valence-electron chi connectivity index (χ2n) is 7.08. The SMILES string of the molecule is C[NH+](C)[C@@H](CNC(=O)Cc1ccc(-c2ccccc2)cc1)c1ccccc1. The van der Waals surface area contributed by atoms with Gasteiger partial charge in [-0.05, 0) is 16.7 Å². The molecule has 0 fully saturated rings. The Labute approximate surface area is 161 Å². The van der Waals surface area contributed by atoms with Crippen LogP contribution < -0.4 is 10.2 Å². The molecule has 3 heteroatoms. The lowest BCUT2D eigenvalue weighted by atomic mass is 10.0. The smallest absolute Gasteiger partial charge is 0.224 e. The average Bonchev–Trinajstić information content (AvgIpc) is 2.70. The third kappa shape index (κ3) is 5.28. The molecule has 0 unspecified atom stereocenters. The summed E-state index contributed by atoms with van der Waals surface area (Å²) in [5, 5.41) is 3.10. The minimum absolute atomic E-state index is 0.0599. The number of likely N-dealkylation sites (N-methyl/N-ethyl adjacent to an activating group) is 1. The number of rotatable bonds is 7. The maximum atomic E-state index is 12.4. The lowest BCUT2D eigenvalue weighted by Gasteiger charge is -2.22. The van der Waals surface area contributed by atoms with Gasteiger partial charge in [0.15, 0.2) is 0 Å². The van der Waals surface area contributed by atoms with Gasteiger partial charge < -0.3 is 10.2 Å². The number of carbonyl (C=O) groups is 1. The number of nitrogens with one attached hydrogen (secondary N) is 2. The van der Waals surface area contributed by atoms with E-state index in [1.54, 1.807) is 0 Å². The zero-order chi connectivity index (χ0) is 19.1. The molecular weight excluding hydrogens is 332 g/mol. The van der Waals surface area contributed by atoms with Crippen LogP contribution in [0.2, 0.25) is 0 Å². The Bertz CT molecular complexity index is 843. The molecule has 0 bridgehead atoms. The van der Waals surface area contributed by atoms with Gasteiger partial charge in [-0.1, -0.05) is 84.9 Å². The molecule has 3 aromatic carbocycles. The second kappa shape index (κ2) is 9.15. The van der Waals surface area contributed by atoms with Crippen molar-refractivity contribution in [2.45, 2.75) is 12.5 Å². The van der Waals surface area contributed by atoms with Crippen LogP contribution in [0.1, 0.15) is 17.2 Å². The van der Waals surface area contributed by atoms with E-state index in [2.05, 4.69) is 55.8 Å². The maximum Gasteiger partial charge on any atom is 0.224 e. The van der Waals surface area contributed by atoms with E-state index in [9.17, 15) is 4.79 Å². The van der Waals surface area contributed by atoms with Gasteiger partial charge >= 0.3 is 0 Å². The molecule has 3 nitrogen and oxygen atoms in total. The van der Waals surface area contributed by atoms with E-state index in [-0.39, 0.29) is 11.9 Å². The highest BCUT2D eigenvalue weighted by Crippen LogP contribution is 2.19. The monoisotopic (exact) mass is 359 g/mol. The summed E-state index contributed by atoms with van der Waals surface area (Å²) < 4.78 is 0. The van der Waals surface area contributed by atoms with Crippen molar-refractivity contribution in [3.05, 3.63) is 96.1 Å². The van der Waals surface area contributed by atoms with Crippen LogP contribution in [-0.2, 0) is 11.2 Å². The van der Waals surface area contributed by atoms with Crippen LogP contribution in [0.25, 0.3) is 11.1 Å². The molecular formula is C24H27N2O+. The molecule has 0 aromatic heterocycles. The highest BCUT2D eigenvalue weighted by molar-refractivity contribution is 5.79. The number of quaternary nitrogens is 1. The Kier molecular flexibility index (Phi) is 6.39. The normalized spacial score (nSPS) is 12.0. The molecule has 3 rings (SSSR count). The van der Waals surface area contributed by atoms with E-state index >= 15 is 0 Å². The van der Waals surface area contributed by atoms with Crippen molar-refractivity contribution in [2.75, 3.05) is 20.6 Å². The first-order valence-corrected chi connectivity index (χ1v) is 9.39. The Balaban J connectivity index is 1.57. The summed E-state index contributed by atoms with van der Waals surface area (Å²) in [5.41, 5.74) is 4.62. The van der Waals surface area contributed by atoms with Crippen molar-refractivity contribution in [3.63, 3.8) is 0 Å². The van der Waals surface area contributed by atoms with Crippen LogP contribution >= 0.6 is 0 Å². The van der Waals surface area contributed by atoms with Gasteiger partial charge in [-0.2, -0.15) is 0 Å². The molecule has 0 radical (unpaired) electrons. The molecule has 2 N–H and O–H groups in total. The summed E-state index contributed by atoms with van der Waals surface area (Å²) >= 11 is 0. The molecule has 1 amide bonds. The molecule has 138 valence electrons. The van der Waals surface area contributed by atoms with Gasteiger partial charge in [0.25, 0.3) is 0 Å². The molecule has 0 aliphatic heterocycles. The maximum absolute atomic E-state index is 12.4. The quantitative estimate of drug-likeness (QED) is 0.668. The fourth-order valence-electron chi connectivity index (χ4n) is 3.25. The van der Waals surface area contributed by atoms with Crippen molar-refractivity contribution in [1.82, 2.24) is 5.32 Å². The number of carbonyl (C=O) groups excluding carboxylic acids is 1. The van der Waals surface area contributed by atoms with Crippen molar-refractivity contribution in [1.29, 1.82) is 0 Å². The number of amides is 1. The third-order valence-corrected chi connectivity index (χ3v) is 4.83. The summed E-state index contributed by atoms with van der Waals surface area (Å²) in [6.45, 7) is 0.632. The van der Waals surface area contributed by atoms with Crippen molar-refractivity contribution >= 4 is 5.91 Å². The summed E-state index contributed by atoms with van der Waals surface area (Å²) in [5.74, 6) is 0.0599. The van der Waals surface area contributed by atoms with E-state index in [1.165, 1.54) is 21.6 Å². The summed E-state index contributed by atoms with van der Waals surface area (Å²) in [6.07, 6.45) is 0.402. The fraction of sp³-hybridized carbons (Fsp3) is 0.208. The second-order valence-corrected chi connectivity index (χ2v) is 7.08. The molecule has 0 saturated heterocycles. The third-order valence-electron chi connectivity index (χ3n) is 4.83. The van der Waals surface area contributed by atoms with E-state index in [1.807, 2.05) is 48.5 Å². The van der Waals surface area contributed by atoms with Crippen LogP contribution in [0.4, 0.5) is 0 Å². The predicted octanol–water partition coefficient (Wildman–Crippen LogP) is 2.90. The minimum Gasteiger partial charge on any atom is -0.349 e. The zero-order valence-electron chi connectivity index (χ0n) is 16.0. The number of hydrogen-bond donors (Lipinski definition) is 2. The molecule has 0 aliphatic rings. The summed E-state index contributed by atoms with van der Waals surface area (Å²) in [4.78, 5) is 13.7. The van der Waals surface area contributed by atoms with Gasteiger partial charge in [-0.3, -0.25) is 4.79 Å². The Morgan fingerprint density at radius 1 is 0.815 bits per heavy atom. The summed E-state index contributed by atoms with van der Waals surface area (Å²) in [6, 6.07) is 29.1. The molecule has 0 spiro atoms. The van der Waals surface area contributed by atoms with Crippen molar-refractivity contribution in [2.24, 2.45) is 0 Å². The van der Waals surface area contributed by atoms with Gasteiger partial charge in [0.05, 0.1) is 27.1 Å². The molecule has 1 atom stereocenters. The molecule has 0 aliphatic carbocycles. The zero-order valence-corrected chi connectivity index (χ0v) is 16.0. The Morgan fingerprint density at radius 3 is 1.96 bits per heavy atom. The van der Waals surface area contributed by atoms with Gasteiger partial charge in [-0.15, -0.1) is 0 Å². The van der Waals surface area contributed by atoms with Gasteiger partial charge in [0, 0.05) is 5.56 Å². The van der Waals surface area contributed by atoms with Crippen LogP contribution in [0.5, 0.6) is 0 Å². The van der Waals surface area contributed by atoms with Gasteiger partial charge in [0.2, 0.25) is 5.91 Å². The number of hydrogen-bond acceptors (Lipinski definition) is 1. The average molecular weight is 359 g/mol. The number of benzene rings is 3. The van der Waals surface area contributed by atoms with Crippen LogP contribution in [0, 0.1) is 0 Å². The highest BCUT2D eigenvalue weighted by atomic mass is 16.1. The van der Waals surface area contributed by atoms with Crippen molar-refractivity contribution in [3.8, 4) is 11.1 Å². The molecule has 0 heterocycles. The largest absolute Gasteiger partial charge is 0.349 e.